The highest BCUT2D eigenvalue weighted by Crippen LogP contribution is 2.10. The van der Waals surface area contributed by atoms with Crippen LogP contribution in [0.1, 0.15) is 18.4 Å². The van der Waals surface area contributed by atoms with Gasteiger partial charge in [0.05, 0.1) is 6.61 Å². The van der Waals surface area contributed by atoms with E-state index in [1.807, 2.05) is 18.2 Å². The number of carboxylic acids is 2. The SMILES string of the molecule is O=C(O)C(O)CCC(OCc1ccccc1)C(=O)O. The Hall–Kier alpha value is -1.92. The van der Waals surface area contributed by atoms with Crippen LogP contribution in [-0.2, 0) is 20.9 Å². The van der Waals surface area contributed by atoms with E-state index in [0.29, 0.717) is 0 Å². The van der Waals surface area contributed by atoms with Gasteiger partial charge in [-0.15, -0.1) is 0 Å². The second-order valence-electron chi connectivity index (χ2n) is 4.05. The Bertz CT molecular complexity index is 416. The van der Waals surface area contributed by atoms with Crippen molar-refractivity contribution in [2.24, 2.45) is 0 Å². The summed E-state index contributed by atoms with van der Waals surface area (Å²) in [7, 11) is 0. The molecule has 6 nitrogen and oxygen atoms in total. The molecule has 0 fully saturated rings. The molecule has 3 N–H and O–H groups in total. The van der Waals surface area contributed by atoms with Crippen molar-refractivity contribution in [1.82, 2.24) is 0 Å². The maximum atomic E-state index is 10.9. The summed E-state index contributed by atoms with van der Waals surface area (Å²) in [6, 6.07) is 9.04. The standard InChI is InChI=1S/C13H16O6/c14-10(12(15)16)6-7-11(13(17)18)19-8-9-4-2-1-3-5-9/h1-5,10-11,14H,6-8H2,(H,15,16)(H,17,18). The van der Waals surface area contributed by atoms with Crippen molar-refractivity contribution < 1.29 is 29.6 Å². The van der Waals surface area contributed by atoms with E-state index in [0.717, 1.165) is 5.56 Å². The van der Waals surface area contributed by atoms with Gasteiger partial charge in [0.2, 0.25) is 0 Å². The molecular weight excluding hydrogens is 252 g/mol. The highest BCUT2D eigenvalue weighted by Gasteiger charge is 2.22. The Morgan fingerprint density at radius 1 is 1.05 bits per heavy atom. The van der Waals surface area contributed by atoms with Crippen LogP contribution in [0.3, 0.4) is 0 Å². The van der Waals surface area contributed by atoms with Gasteiger partial charge in [-0.1, -0.05) is 30.3 Å². The number of rotatable bonds is 8. The van der Waals surface area contributed by atoms with Crippen molar-refractivity contribution >= 4 is 11.9 Å². The van der Waals surface area contributed by atoms with E-state index in [2.05, 4.69) is 0 Å². The molecule has 0 aromatic heterocycles. The molecule has 19 heavy (non-hydrogen) atoms. The topological polar surface area (TPSA) is 104 Å². The van der Waals surface area contributed by atoms with Crippen LogP contribution >= 0.6 is 0 Å². The molecular formula is C13H16O6. The average molecular weight is 268 g/mol. The average Bonchev–Trinajstić information content (AvgIpc) is 2.39. The summed E-state index contributed by atoms with van der Waals surface area (Å²) in [5, 5.41) is 26.5. The summed E-state index contributed by atoms with van der Waals surface area (Å²) in [5.74, 6) is -2.54. The zero-order chi connectivity index (χ0) is 14.3. The van der Waals surface area contributed by atoms with Gasteiger partial charge in [-0.05, 0) is 18.4 Å². The van der Waals surface area contributed by atoms with Crippen molar-refractivity contribution in [3.05, 3.63) is 35.9 Å². The van der Waals surface area contributed by atoms with E-state index in [-0.39, 0.29) is 19.4 Å². The molecule has 6 heteroatoms. The maximum absolute atomic E-state index is 10.9. The monoisotopic (exact) mass is 268 g/mol. The van der Waals surface area contributed by atoms with E-state index in [1.54, 1.807) is 12.1 Å². The van der Waals surface area contributed by atoms with Crippen molar-refractivity contribution in [3.8, 4) is 0 Å². The fourth-order valence-corrected chi connectivity index (χ4v) is 1.48. The molecule has 2 unspecified atom stereocenters. The Kier molecular flexibility index (Phi) is 5.98. The van der Waals surface area contributed by atoms with Crippen molar-refractivity contribution in [2.75, 3.05) is 0 Å². The summed E-state index contributed by atoms with van der Waals surface area (Å²) < 4.78 is 5.22. The Labute approximate surface area is 110 Å². The van der Waals surface area contributed by atoms with Crippen LogP contribution in [0.2, 0.25) is 0 Å². The molecule has 2 atom stereocenters. The number of hydrogen-bond acceptors (Lipinski definition) is 4. The molecule has 0 spiro atoms. The van der Waals surface area contributed by atoms with Gasteiger partial charge >= 0.3 is 11.9 Å². The van der Waals surface area contributed by atoms with Crippen LogP contribution in [0.4, 0.5) is 0 Å². The van der Waals surface area contributed by atoms with Crippen LogP contribution in [0.5, 0.6) is 0 Å². The lowest BCUT2D eigenvalue weighted by Gasteiger charge is -2.14. The van der Waals surface area contributed by atoms with Crippen molar-refractivity contribution in [2.45, 2.75) is 31.7 Å². The largest absolute Gasteiger partial charge is 0.479 e. The van der Waals surface area contributed by atoms with Crippen LogP contribution in [0, 0.1) is 0 Å². The van der Waals surface area contributed by atoms with E-state index in [9.17, 15) is 9.59 Å². The van der Waals surface area contributed by atoms with Gasteiger partial charge in [0.15, 0.2) is 12.2 Å². The molecule has 0 aliphatic carbocycles. The summed E-state index contributed by atoms with van der Waals surface area (Å²) >= 11 is 0. The number of hydrogen-bond donors (Lipinski definition) is 3. The lowest BCUT2D eigenvalue weighted by molar-refractivity contribution is -0.154. The molecule has 1 aromatic rings. The fraction of sp³-hybridized carbons (Fsp3) is 0.385. The molecule has 0 heterocycles. The van der Waals surface area contributed by atoms with Crippen LogP contribution in [0.15, 0.2) is 30.3 Å². The molecule has 0 saturated heterocycles. The van der Waals surface area contributed by atoms with Crippen molar-refractivity contribution in [3.63, 3.8) is 0 Å². The minimum absolute atomic E-state index is 0.0599. The second-order valence-corrected chi connectivity index (χ2v) is 4.05. The normalized spacial score (nSPS) is 13.7. The number of carbonyl (C=O) groups is 2. The predicted molar refractivity (Wildman–Crippen MR) is 65.5 cm³/mol. The quantitative estimate of drug-likeness (QED) is 0.646. The summed E-state index contributed by atoms with van der Waals surface area (Å²) in [4.78, 5) is 21.4. The smallest absolute Gasteiger partial charge is 0.332 e. The van der Waals surface area contributed by atoms with Crippen LogP contribution in [0.25, 0.3) is 0 Å². The number of aliphatic carboxylic acids is 2. The van der Waals surface area contributed by atoms with Crippen LogP contribution < -0.4 is 0 Å². The highest BCUT2D eigenvalue weighted by molar-refractivity contribution is 5.73. The molecule has 0 radical (unpaired) electrons. The van der Waals surface area contributed by atoms with E-state index in [1.165, 1.54) is 0 Å². The zero-order valence-electron chi connectivity index (χ0n) is 10.2. The maximum Gasteiger partial charge on any atom is 0.332 e. The fourth-order valence-electron chi connectivity index (χ4n) is 1.48. The van der Waals surface area contributed by atoms with Gasteiger partial charge in [-0.25, -0.2) is 9.59 Å². The summed E-state index contributed by atoms with van der Waals surface area (Å²) in [5.41, 5.74) is 0.826. The number of aliphatic hydroxyl groups excluding tert-OH is 1. The molecule has 0 amide bonds. The van der Waals surface area contributed by atoms with E-state index >= 15 is 0 Å². The minimum atomic E-state index is -1.57. The molecule has 0 saturated carbocycles. The van der Waals surface area contributed by atoms with Gasteiger partial charge in [0.1, 0.15) is 0 Å². The molecule has 0 aliphatic heterocycles. The van der Waals surface area contributed by atoms with Gasteiger partial charge in [-0.3, -0.25) is 0 Å². The third-order valence-electron chi connectivity index (χ3n) is 2.56. The van der Waals surface area contributed by atoms with Gasteiger partial charge in [0.25, 0.3) is 0 Å². The number of benzene rings is 1. The predicted octanol–water partition coefficient (Wildman–Crippen LogP) is 0.882. The first-order valence-corrected chi connectivity index (χ1v) is 5.80. The Balaban J connectivity index is 2.45. The number of ether oxygens (including phenoxy) is 1. The molecule has 1 aromatic carbocycles. The first-order valence-electron chi connectivity index (χ1n) is 5.80. The van der Waals surface area contributed by atoms with Gasteiger partial charge in [0, 0.05) is 0 Å². The Morgan fingerprint density at radius 2 is 1.68 bits per heavy atom. The first-order chi connectivity index (χ1) is 9.00. The molecule has 0 bridgehead atoms. The molecule has 1 rings (SSSR count). The molecule has 104 valence electrons. The lowest BCUT2D eigenvalue weighted by Crippen LogP contribution is -2.27. The second kappa shape index (κ2) is 7.50. The third kappa shape index (κ3) is 5.50. The molecule has 0 aliphatic rings. The first kappa shape index (κ1) is 15.1. The highest BCUT2D eigenvalue weighted by atomic mass is 16.5. The zero-order valence-corrected chi connectivity index (χ0v) is 10.2. The minimum Gasteiger partial charge on any atom is -0.479 e. The van der Waals surface area contributed by atoms with Gasteiger partial charge in [-0.2, -0.15) is 0 Å². The van der Waals surface area contributed by atoms with E-state index in [4.69, 9.17) is 20.1 Å². The lowest BCUT2D eigenvalue weighted by atomic mass is 10.1. The Morgan fingerprint density at radius 3 is 2.21 bits per heavy atom. The van der Waals surface area contributed by atoms with Gasteiger partial charge < -0.3 is 20.1 Å². The third-order valence-corrected chi connectivity index (χ3v) is 2.56. The van der Waals surface area contributed by atoms with Crippen molar-refractivity contribution in [1.29, 1.82) is 0 Å². The number of aliphatic hydroxyl groups is 1. The van der Waals surface area contributed by atoms with Crippen LogP contribution in [-0.4, -0.2) is 39.5 Å². The van der Waals surface area contributed by atoms with E-state index < -0.39 is 24.1 Å². The summed E-state index contributed by atoms with van der Waals surface area (Å²) in [6.45, 7) is 0.126. The summed E-state index contributed by atoms with van der Waals surface area (Å²) in [6.07, 6.45) is -2.92. The number of carboxylic acid groups (broad SMARTS) is 2.